The van der Waals surface area contributed by atoms with Gasteiger partial charge in [0.25, 0.3) is 5.91 Å². The summed E-state index contributed by atoms with van der Waals surface area (Å²) in [4.78, 5) is 22.5. The summed E-state index contributed by atoms with van der Waals surface area (Å²) in [5.74, 6) is 1.99. The van der Waals surface area contributed by atoms with Gasteiger partial charge in [-0.2, -0.15) is 0 Å². The number of nitrogens with one attached hydrogen (secondary N) is 1. The van der Waals surface area contributed by atoms with Gasteiger partial charge in [-0.1, -0.05) is 0 Å². The maximum absolute atomic E-state index is 12.9. The SMILES string of the molecule is O=C(c1ccc2[nH]ccc2c1)N1CCc2oc(C3CCOC3)nc2C1. The predicted molar refractivity (Wildman–Crippen MR) is 91.4 cm³/mol. The lowest BCUT2D eigenvalue weighted by molar-refractivity contribution is 0.0728. The van der Waals surface area contributed by atoms with E-state index in [2.05, 4.69) is 9.97 Å². The van der Waals surface area contributed by atoms with Gasteiger partial charge in [-0.05, 0) is 30.7 Å². The fourth-order valence-electron chi connectivity index (χ4n) is 3.66. The average molecular weight is 337 g/mol. The second-order valence-electron chi connectivity index (χ2n) is 6.74. The van der Waals surface area contributed by atoms with Gasteiger partial charge >= 0.3 is 0 Å². The average Bonchev–Trinajstić information content (AvgIpc) is 3.39. The summed E-state index contributed by atoms with van der Waals surface area (Å²) in [7, 11) is 0. The molecule has 5 rings (SSSR count). The molecule has 25 heavy (non-hydrogen) atoms. The largest absolute Gasteiger partial charge is 0.445 e. The zero-order valence-corrected chi connectivity index (χ0v) is 13.8. The van der Waals surface area contributed by atoms with E-state index < -0.39 is 0 Å². The number of benzene rings is 1. The molecule has 1 saturated heterocycles. The van der Waals surface area contributed by atoms with E-state index >= 15 is 0 Å². The van der Waals surface area contributed by atoms with Crippen LogP contribution in [0, 0.1) is 0 Å². The Morgan fingerprint density at radius 3 is 3.16 bits per heavy atom. The normalized spacial score (nSPS) is 20.2. The van der Waals surface area contributed by atoms with Crippen LogP contribution in [0.4, 0.5) is 0 Å². The van der Waals surface area contributed by atoms with Gasteiger partial charge in [-0.15, -0.1) is 0 Å². The van der Waals surface area contributed by atoms with Crippen LogP contribution in [-0.4, -0.2) is 40.5 Å². The number of carbonyl (C=O) groups excluding carboxylic acids is 1. The van der Waals surface area contributed by atoms with E-state index in [1.807, 2.05) is 35.4 Å². The molecule has 1 amide bonds. The number of fused-ring (bicyclic) bond motifs is 2. The second-order valence-corrected chi connectivity index (χ2v) is 6.74. The lowest BCUT2D eigenvalue weighted by Crippen LogP contribution is -2.35. The molecule has 6 nitrogen and oxygen atoms in total. The first-order valence-corrected chi connectivity index (χ1v) is 8.70. The molecule has 0 bridgehead atoms. The van der Waals surface area contributed by atoms with Crippen LogP contribution in [0.3, 0.4) is 0 Å². The van der Waals surface area contributed by atoms with Gasteiger partial charge in [-0.3, -0.25) is 4.79 Å². The minimum atomic E-state index is 0.0440. The van der Waals surface area contributed by atoms with Crippen LogP contribution in [0.15, 0.2) is 34.9 Å². The molecule has 128 valence electrons. The third-order valence-electron chi connectivity index (χ3n) is 5.11. The number of amides is 1. The Bertz CT molecular complexity index is 936. The number of rotatable bonds is 2. The number of nitrogens with zero attached hydrogens (tertiary/aromatic N) is 2. The number of oxazole rings is 1. The Labute approximate surface area is 144 Å². The molecule has 4 heterocycles. The van der Waals surface area contributed by atoms with E-state index in [0.29, 0.717) is 31.7 Å². The van der Waals surface area contributed by atoms with Crippen molar-refractivity contribution in [1.82, 2.24) is 14.9 Å². The zero-order valence-electron chi connectivity index (χ0n) is 13.8. The summed E-state index contributed by atoms with van der Waals surface area (Å²) >= 11 is 0. The van der Waals surface area contributed by atoms with Gasteiger partial charge in [-0.25, -0.2) is 4.98 Å². The molecule has 1 fully saturated rings. The summed E-state index contributed by atoms with van der Waals surface area (Å²) in [6.07, 6.45) is 3.56. The van der Waals surface area contributed by atoms with Crippen LogP contribution in [0.2, 0.25) is 0 Å². The molecule has 2 aliphatic rings. The van der Waals surface area contributed by atoms with Crippen molar-refractivity contribution in [3.63, 3.8) is 0 Å². The fraction of sp³-hybridized carbons (Fsp3) is 0.368. The van der Waals surface area contributed by atoms with Gasteiger partial charge < -0.3 is 19.0 Å². The first-order chi connectivity index (χ1) is 12.3. The summed E-state index contributed by atoms with van der Waals surface area (Å²) < 4.78 is 11.4. The minimum Gasteiger partial charge on any atom is -0.445 e. The Morgan fingerprint density at radius 2 is 2.28 bits per heavy atom. The van der Waals surface area contributed by atoms with E-state index in [1.165, 1.54) is 0 Å². The molecule has 0 saturated carbocycles. The van der Waals surface area contributed by atoms with Gasteiger partial charge in [0, 0.05) is 42.2 Å². The Kier molecular flexibility index (Phi) is 3.38. The number of H-pyrrole nitrogens is 1. The highest BCUT2D eigenvalue weighted by Gasteiger charge is 2.29. The van der Waals surface area contributed by atoms with E-state index in [-0.39, 0.29) is 11.8 Å². The lowest BCUT2D eigenvalue weighted by Gasteiger charge is -2.25. The van der Waals surface area contributed by atoms with Crippen molar-refractivity contribution in [1.29, 1.82) is 0 Å². The molecule has 2 aliphatic heterocycles. The maximum Gasteiger partial charge on any atom is 0.254 e. The van der Waals surface area contributed by atoms with Gasteiger partial charge in [0.2, 0.25) is 0 Å². The predicted octanol–water partition coefficient (Wildman–Crippen LogP) is 2.86. The first kappa shape index (κ1) is 14.7. The Morgan fingerprint density at radius 1 is 1.32 bits per heavy atom. The van der Waals surface area contributed by atoms with Crippen molar-refractivity contribution < 1.29 is 13.9 Å². The number of carbonyl (C=O) groups is 1. The molecule has 0 spiro atoms. The maximum atomic E-state index is 12.9. The summed E-state index contributed by atoms with van der Waals surface area (Å²) in [5, 5.41) is 1.05. The Balaban J connectivity index is 1.38. The number of aromatic nitrogens is 2. The summed E-state index contributed by atoms with van der Waals surface area (Å²) in [6.45, 7) is 2.62. The quantitative estimate of drug-likeness (QED) is 0.780. The molecule has 1 atom stereocenters. The highest BCUT2D eigenvalue weighted by Crippen LogP contribution is 2.29. The standard InChI is InChI=1S/C19H19N3O3/c23-19(13-1-2-15-12(9-13)3-6-20-15)22-7-4-17-16(10-22)21-18(25-17)14-5-8-24-11-14/h1-3,6,9,14,20H,4-5,7-8,10-11H2. The third kappa shape index (κ3) is 2.53. The van der Waals surface area contributed by atoms with Crippen LogP contribution in [-0.2, 0) is 17.7 Å². The van der Waals surface area contributed by atoms with Crippen LogP contribution in [0.25, 0.3) is 10.9 Å². The molecular weight excluding hydrogens is 318 g/mol. The third-order valence-corrected chi connectivity index (χ3v) is 5.11. The van der Waals surface area contributed by atoms with Gasteiger partial charge in [0.05, 0.1) is 19.1 Å². The Hall–Kier alpha value is -2.60. The lowest BCUT2D eigenvalue weighted by atomic mass is 10.1. The number of hydrogen-bond donors (Lipinski definition) is 1. The van der Waals surface area contributed by atoms with E-state index in [9.17, 15) is 4.79 Å². The highest BCUT2D eigenvalue weighted by molar-refractivity contribution is 5.98. The molecule has 0 radical (unpaired) electrons. The number of hydrogen-bond acceptors (Lipinski definition) is 4. The zero-order chi connectivity index (χ0) is 16.8. The van der Waals surface area contributed by atoms with Crippen LogP contribution in [0.1, 0.15) is 40.0 Å². The fourth-order valence-corrected chi connectivity index (χ4v) is 3.66. The van der Waals surface area contributed by atoms with E-state index in [0.717, 1.165) is 41.3 Å². The smallest absolute Gasteiger partial charge is 0.254 e. The van der Waals surface area contributed by atoms with Gasteiger partial charge in [0.15, 0.2) is 5.89 Å². The number of ether oxygens (including phenoxy) is 1. The molecule has 1 aromatic carbocycles. The van der Waals surface area contributed by atoms with Crippen LogP contribution >= 0.6 is 0 Å². The molecular formula is C19H19N3O3. The van der Waals surface area contributed by atoms with Crippen LogP contribution in [0.5, 0.6) is 0 Å². The minimum absolute atomic E-state index is 0.0440. The van der Waals surface area contributed by atoms with E-state index in [4.69, 9.17) is 9.15 Å². The molecule has 2 aromatic heterocycles. The molecule has 3 aromatic rings. The van der Waals surface area contributed by atoms with Crippen molar-refractivity contribution in [3.8, 4) is 0 Å². The molecule has 6 heteroatoms. The van der Waals surface area contributed by atoms with Crippen molar-refractivity contribution in [2.75, 3.05) is 19.8 Å². The second kappa shape index (κ2) is 5.74. The van der Waals surface area contributed by atoms with Crippen molar-refractivity contribution in [2.24, 2.45) is 0 Å². The van der Waals surface area contributed by atoms with E-state index in [1.54, 1.807) is 0 Å². The van der Waals surface area contributed by atoms with Crippen molar-refractivity contribution in [3.05, 3.63) is 53.4 Å². The molecule has 1 unspecified atom stereocenters. The summed E-state index contributed by atoms with van der Waals surface area (Å²) in [6, 6.07) is 7.74. The molecule has 0 aliphatic carbocycles. The highest BCUT2D eigenvalue weighted by atomic mass is 16.5. The monoisotopic (exact) mass is 337 g/mol. The molecule has 1 N–H and O–H groups in total. The van der Waals surface area contributed by atoms with Crippen molar-refractivity contribution >= 4 is 16.8 Å². The first-order valence-electron chi connectivity index (χ1n) is 8.70. The summed E-state index contributed by atoms with van der Waals surface area (Å²) in [5.41, 5.74) is 2.64. The van der Waals surface area contributed by atoms with Gasteiger partial charge in [0.1, 0.15) is 11.5 Å². The number of aromatic amines is 1. The van der Waals surface area contributed by atoms with Crippen molar-refractivity contribution in [2.45, 2.75) is 25.3 Å². The topological polar surface area (TPSA) is 71.4 Å². The van der Waals surface area contributed by atoms with Crippen LogP contribution < -0.4 is 0 Å².